The van der Waals surface area contributed by atoms with Crippen molar-refractivity contribution >= 4 is 44.8 Å². The van der Waals surface area contributed by atoms with Gasteiger partial charge in [-0.2, -0.15) is 0 Å². The molecule has 20 heavy (non-hydrogen) atoms. The van der Waals surface area contributed by atoms with Crippen LogP contribution in [-0.4, -0.2) is 20.0 Å². The van der Waals surface area contributed by atoms with Crippen LogP contribution in [0.3, 0.4) is 0 Å². The summed E-state index contributed by atoms with van der Waals surface area (Å²) in [6, 6.07) is 12.7. The molecular formula is C15H14BrClN2O. The van der Waals surface area contributed by atoms with Gasteiger partial charge in [-0.05, 0) is 46.3 Å². The molecule has 0 fully saturated rings. The lowest BCUT2D eigenvalue weighted by molar-refractivity contribution is 0.102. The smallest absolute Gasteiger partial charge is 0.256 e. The molecule has 0 aliphatic rings. The van der Waals surface area contributed by atoms with Gasteiger partial charge >= 0.3 is 0 Å². The van der Waals surface area contributed by atoms with Gasteiger partial charge in [0, 0.05) is 24.3 Å². The molecule has 0 spiro atoms. The number of nitrogens with one attached hydrogen (secondary N) is 1. The third kappa shape index (κ3) is 3.32. The van der Waals surface area contributed by atoms with Crippen molar-refractivity contribution in [2.75, 3.05) is 24.3 Å². The number of carbonyl (C=O) groups is 1. The highest BCUT2D eigenvalue weighted by Gasteiger charge is 2.10. The van der Waals surface area contributed by atoms with Crippen LogP contribution in [0, 0.1) is 0 Å². The molecule has 2 aromatic carbocycles. The zero-order valence-electron chi connectivity index (χ0n) is 11.2. The van der Waals surface area contributed by atoms with Crippen LogP contribution in [0.5, 0.6) is 0 Å². The van der Waals surface area contributed by atoms with Gasteiger partial charge < -0.3 is 10.2 Å². The number of rotatable bonds is 3. The first-order valence-corrected chi connectivity index (χ1v) is 7.19. The van der Waals surface area contributed by atoms with Gasteiger partial charge in [0.2, 0.25) is 0 Å². The lowest BCUT2D eigenvalue weighted by Gasteiger charge is -2.15. The van der Waals surface area contributed by atoms with Crippen LogP contribution in [0.4, 0.5) is 11.4 Å². The van der Waals surface area contributed by atoms with Gasteiger partial charge in [0.25, 0.3) is 5.91 Å². The summed E-state index contributed by atoms with van der Waals surface area (Å²) < 4.78 is 0.758. The summed E-state index contributed by atoms with van der Waals surface area (Å²) in [5.74, 6) is -0.175. The molecule has 0 saturated carbocycles. The largest absolute Gasteiger partial charge is 0.376 e. The lowest BCUT2D eigenvalue weighted by Crippen LogP contribution is -2.13. The summed E-state index contributed by atoms with van der Waals surface area (Å²) in [6.45, 7) is 0. The van der Waals surface area contributed by atoms with Crippen molar-refractivity contribution in [3.8, 4) is 0 Å². The minimum atomic E-state index is -0.175. The molecule has 1 N–H and O–H groups in total. The third-order valence-corrected chi connectivity index (χ3v) is 3.80. The maximum Gasteiger partial charge on any atom is 0.256 e. The third-order valence-electron chi connectivity index (χ3n) is 2.81. The number of amides is 1. The topological polar surface area (TPSA) is 32.3 Å². The van der Waals surface area contributed by atoms with Gasteiger partial charge in [-0.1, -0.05) is 23.7 Å². The van der Waals surface area contributed by atoms with Crippen LogP contribution in [0.2, 0.25) is 5.02 Å². The molecule has 0 unspecified atom stereocenters. The average Bonchev–Trinajstić information content (AvgIpc) is 2.38. The van der Waals surface area contributed by atoms with Crippen LogP contribution in [0.1, 0.15) is 10.4 Å². The van der Waals surface area contributed by atoms with E-state index in [4.69, 9.17) is 11.6 Å². The van der Waals surface area contributed by atoms with E-state index in [1.54, 1.807) is 12.1 Å². The monoisotopic (exact) mass is 352 g/mol. The highest BCUT2D eigenvalue weighted by molar-refractivity contribution is 9.10. The molecule has 0 bridgehead atoms. The summed E-state index contributed by atoms with van der Waals surface area (Å²) >= 11 is 9.54. The fraction of sp³-hybridized carbons (Fsp3) is 0.133. The second-order valence-electron chi connectivity index (χ2n) is 4.49. The van der Waals surface area contributed by atoms with E-state index < -0.39 is 0 Å². The average molecular weight is 354 g/mol. The second kappa shape index (κ2) is 6.29. The van der Waals surface area contributed by atoms with Crippen molar-refractivity contribution in [2.45, 2.75) is 0 Å². The predicted molar refractivity (Wildman–Crippen MR) is 87.9 cm³/mol. The van der Waals surface area contributed by atoms with E-state index >= 15 is 0 Å². The molecule has 2 rings (SSSR count). The molecule has 0 saturated heterocycles. The standard InChI is InChI=1S/C15H14BrClN2O/c1-19(2)14-8-7-10(9-13(14)17)18-15(20)11-5-3-4-6-12(11)16/h3-9H,1-2H3,(H,18,20). The van der Waals surface area contributed by atoms with Gasteiger partial charge in [0.1, 0.15) is 0 Å². The molecule has 0 aliphatic carbocycles. The van der Waals surface area contributed by atoms with Crippen LogP contribution >= 0.6 is 27.5 Å². The summed E-state index contributed by atoms with van der Waals surface area (Å²) in [4.78, 5) is 14.1. The number of anilines is 2. The summed E-state index contributed by atoms with van der Waals surface area (Å²) in [7, 11) is 3.83. The summed E-state index contributed by atoms with van der Waals surface area (Å²) in [6.07, 6.45) is 0. The first kappa shape index (κ1) is 14.9. The van der Waals surface area contributed by atoms with Crippen molar-refractivity contribution in [1.82, 2.24) is 0 Å². The van der Waals surface area contributed by atoms with E-state index in [1.807, 2.05) is 49.3 Å². The molecule has 3 nitrogen and oxygen atoms in total. The summed E-state index contributed by atoms with van der Waals surface area (Å²) in [5.41, 5.74) is 2.16. The molecule has 0 heterocycles. The Hall–Kier alpha value is -1.52. The first-order chi connectivity index (χ1) is 9.49. The molecule has 0 aromatic heterocycles. The van der Waals surface area contributed by atoms with Crippen molar-refractivity contribution < 1.29 is 4.79 Å². The number of hydrogen-bond donors (Lipinski definition) is 1. The number of nitrogens with zero attached hydrogens (tertiary/aromatic N) is 1. The van der Waals surface area contributed by atoms with Crippen LogP contribution in [-0.2, 0) is 0 Å². The Bertz CT molecular complexity index is 644. The Morgan fingerprint density at radius 3 is 2.50 bits per heavy atom. The molecule has 104 valence electrons. The van der Waals surface area contributed by atoms with E-state index in [0.717, 1.165) is 10.2 Å². The Morgan fingerprint density at radius 1 is 1.20 bits per heavy atom. The Labute approximate surface area is 131 Å². The van der Waals surface area contributed by atoms with Crippen molar-refractivity contribution in [2.24, 2.45) is 0 Å². The highest BCUT2D eigenvalue weighted by atomic mass is 79.9. The highest BCUT2D eigenvalue weighted by Crippen LogP contribution is 2.28. The fourth-order valence-electron chi connectivity index (χ4n) is 1.79. The van der Waals surface area contributed by atoms with Gasteiger partial charge in [-0.15, -0.1) is 0 Å². The van der Waals surface area contributed by atoms with Gasteiger partial charge in [-0.3, -0.25) is 4.79 Å². The Balaban J connectivity index is 2.21. The number of benzene rings is 2. The summed E-state index contributed by atoms with van der Waals surface area (Å²) in [5, 5.41) is 3.43. The first-order valence-electron chi connectivity index (χ1n) is 6.02. The van der Waals surface area contributed by atoms with Crippen molar-refractivity contribution in [1.29, 1.82) is 0 Å². The zero-order valence-corrected chi connectivity index (χ0v) is 13.5. The van der Waals surface area contributed by atoms with E-state index in [2.05, 4.69) is 21.2 Å². The zero-order chi connectivity index (χ0) is 14.7. The molecule has 0 aliphatic heterocycles. The van der Waals surface area contributed by atoms with Gasteiger partial charge in [0.15, 0.2) is 0 Å². The van der Waals surface area contributed by atoms with Crippen molar-refractivity contribution in [3.63, 3.8) is 0 Å². The maximum atomic E-state index is 12.2. The second-order valence-corrected chi connectivity index (χ2v) is 5.76. The maximum absolute atomic E-state index is 12.2. The number of halogens is 2. The predicted octanol–water partition coefficient (Wildman–Crippen LogP) is 4.42. The molecule has 0 atom stereocenters. The molecule has 1 amide bonds. The van der Waals surface area contributed by atoms with E-state index in [1.165, 1.54) is 0 Å². The van der Waals surface area contributed by atoms with E-state index in [9.17, 15) is 4.79 Å². The lowest BCUT2D eigenvalue weighted by atomic mass is 10.2. The van der Waals surface area contributed by atoms with Crippen LogP contribution in [0.25, 0.3) is 0 Å². The van der Waals surface area contributed by atoms with Crippen molar-refractivity contribution in [3.05, 3.63) is 57.5 Å². The molecule has 5 heteroatoms. The Morgan fingerprint density at radius 2 is 1.90 bits per heavy atom. The fourth-order valence-corrected chi connectivity index (χ4v) is 2.61. The minimum absolute atomic E-state index is 0.175. The SMILES string of the molecule is CN(C)c1ccc(NC(=O)c2ccccc2Br)cc1Cl. The van der Waals surface area contributed by atoms with E-state index in [0.29, 0.717) is 16.3 Å². The number of hydrogen-bond acceptors (Lipinski definition) is 2. The minimum Gasteiger partial charge on any atom is -0.376 e. The number of carbonyl (C=O) groups excluding carboxylic acids is 1. The molecular weight excluding hydrogens is 340 g/mol. The quantitative estimate of drug-likeness (QED) is 0.886. The molecule has 2 aromatic rings. The van der Waals surface area contributed by atoms with E-state index in [-0.39, 0.29) is 5.91 Å². The van der Waals surface area contributed by atoms with Gasteiger partial charge in [0.05, 0.1) is 16.3 Å². The van der Waals surface area contributed by atoms with Crippen LogP contribution < -0.4 is 10.2 Å². The van der Waals surface area contributed by atoms with Gasteiger partial charge in [-0.25, -0.2) is 0 Å². The van der Waals surface area contributed by atoms with Crippen LogP contribution in [0.15, 0.2) is 46.9 Å². The normalized spacial score (nSPS) is 10.2. The Kier molecular flexibility index (Phi) is 4.68. The molecule has 0 radical (unpaired) electrons.